The zero-order valence-corrected chi connectivity index (χ0v) is 12.4. The van der Waals surface area contributed by atoms with Crippen LogP contribution in [0, 0.1) is 10.8 Å². The van der Waals surface area contributed by atoms with Gasteiger partial charge in [-0.15, -0.1) is 0 Å². The summed E-state index contributed by atoms with van der Waals surface area (Å²) in [6.07, 6.45) is 1.17. The maximum absolute atomic E-state index is 12.3. The standard InChI is InChI=1S/C14H26N2O2/c1-12(2,3)8-13(4,5)16-11(18)14(6)7-10(17)15-9-14/h7-9H2,1-6H3,(H,15,17)(H,16,18). The summed E-state index contributed by atoms with van der Waals surface area (Å²) in [4.78, 5) is 23.6. The monoisotopic (exact) mass is 254 g/mol. The molecule has 1 heterocycles. The van der Waals surface area contributed by atoms with Gasteiger partial charge in [-0.3, -0.25) is 9.59 Å². The molecule has 4 heteroatoms. The molecule has 104 valence electrons. The zero-order valence-electron chi connectivity index (χ0n) is 12.4. The molecule has 0 aromatic rings. The summed E-state index contributed by atoms with van der Waals surface area (Å²) in [5.41, 5.74) is -0.711. The molecule has 0 bridgehead atoms. The number of carbonyl (C=O) groups excluding carboxylic acids is 2. The van der Waals surface area contributed by atoms with Crippen molar-refractivity contribution in [2.45, 2.75) is 59.9 Å². The smallest absolute Gasteiger partial charge is 0.228 e. The van der Waals surface area contributed by atoms with E-state index >= 15 is 0 Å². The Labute approximate surface area is 110 Å². The molecule has 1 saturated heterocycles. The van der Waals surface area contributed by atoms with Crippen LogP contribution in [-0.4, -0.2) is 23.9 Å². The van der Waals surface area contributed by atoms with Crippen molar-refractivity contribution in [3.05, 3.63) is 0 Å². The van der Waals surface area contributed by atoms with Crippen molar-refractivity contribution in [2.24, 2.45) is 10.8 Å². The fourth-order valence-electron chi connectivity index (χ4n) is 2.76. The van der Waals surface area contributed by atoms with E-state index in [0.717, 1.165) is 6.42 Å². The quantitative estimate of drug-likeness (QED) is 0.807. The molecule has 2 amide bonds. The van der Waals surface area contributed by atoms with E-state index in [4.69, 9.17) is 0 Å². The summed E-state index contributed by atoms with van der Waals surface area (Å²) < 4.78 is 0. The summed E-state index contributed by atoms with van der Waals surface area (Å²) in [7, 11) is 0. The summed E-state index contributed by atoms with van der Waals surface area (Å²) in [6.45, 7) is 12.8. The molecule has 0 aromatic heterocycles. The molecule has 0 saturated carbocycles. The third kappa shape index (κ3) is 4.00. The molecule has 0 aromatic carbocycles. The highest BCUT2D eigenvalue weighted by molar-refractivity contribution is 5.92. The van der Waals surface area contributed by atoms with Crippen LogP contribution in [0.4, 0.5) is 0 Å². The van der Waals surface area contributed by atoms with Gasteiger partial charge in [-0.2, -0.15) is 0 Å². The second-order valence-electron chi connectivity index (χ2n) is 7.59. The van der Waals surface area contributed by atoms with E-state index in [1.54, 1.807) is 0 Å². The zero-order chi connectivity index (χ0) is 14.2. The van der Waals surface area contributed by atoms with E-state index in [9.17, 15) is 9.59 Å². The van der Waals surface area contributed by atoms with Crippen LogP contribution in [0.15, 0.2) is 0 Å². The van der Waals surface area contributed by atoms with E-state index in [0.29, 0.717) is 6.54 Å². The summed E-state index contributed by atoms with van der Waals surface area (Å²) >= 11 is 0. The Bertz CT molecular complexity index is 355. The fourth-order valence-corrected chi connectivity index (χ4v) is 2.76. The lowest BCUT2D eigenvalue weighted by atomic mass is 9.80. The van der Waals surface area contributed by atoms with E-state index in [1.165, 1.54) is 0 Å². The van der Waals surface area contributed by atoms with Crippen molar-refractivity contribution in [2.75, 3.05) is 6.54 Å². The van der Waals surface area contributed by atoms with Crippen molar-refractivity contribution in [1.29, 1.82) is 0 Å². The Balaban J connectivity index is 2.67. The Morgan fingerprint density at radius 3 is 2.28 bits per heavy atom. The number of nitrogens with one attached hydrogen (secondary N) is 2. The minimum Gasteiger partial charge on any atom is -0.355 e. The molecule has 0 spiro atoms. The van der Waals surface area contributed by atoms with E-state index in [-0.39, 0.29) is 29.2 Å². The average Bonchev–Trinajstić information content (AvgIpc) is 2.42. The van der Waals surface area contributed by atoms with Gasteiger partial charge in [0.25, 0.3) is 0 Å². The minimum absolute atomic E-state index is 0.0323. The molecular weight excluding hydrogens is 228 g/mol. The molecule has 4 nitrogen and oxygen atoms in total. The number of rotatable bonds is 3. The topological polar surface area (TPSA) is 58.2 Å². The van der Waals surface area contributed by atoms with Gasteiger partial charge in [0.2, 0.25) is 11.8 Å². The number of amides is 2. The fraction of sp³-hybridized carbons (Fsp3) is 0.857. The lowest BCUT2D eigenvalue weighted by Gasteiger charge is -2.35. The first kappa shape index (κ1) is 15.0. The molecule has 1 fully saturated rings. The second-order valence-corrected chi connectivity index (χ2v) is 7.59. The van der Waals surface area contributed by atoms with Gasteiger partial charge in [0.15, 0.2) is 0 Å². The first-order valence-electron chi connectivity index (χ1n) is 6.53. The van der Waals surface area contributed by atoms with Gasteiger partial charge in [-0.25, -0.2) is 0 Å². The molecule has 1 aliphatic heterocycles. The molecule has 2 N–H and O–H groups in total. The Hall–Kier alpha value is -1.06. The maximum Gasteiger partial charge on any atom is 0.228 e. The minimum atomic E-state index is -0.605. The van der Waals surface area contributed by atoms with E-state index in [2.05, 4.69) is 31.4 Å². The van der Waals surface area contributed by atoms with E-state index < -0.39 is 5.41 Å². The highest BCUT2D eigenvalue weighted by Crippen LogP contribution is 2.30. The molecule has 0 aliphatic carbocycles. The van der Waals surface area contributed by atoms with Crippen molar-refractivity contribution >= 4 is 11.8 Å². The van der Waals surface area contributed by atoms with Crippen molar-refractivity contribution in [3.8, 4) is 0 Å². The van der Waals surface area contributed by atoms with Crippen LogP contribution in [0.5, 0.6) is 0 Å². The number of carbonyl (C=O) groups is 2. The highest BCUT2D eigenvalue weighted by atomic mass is 16.2. The molecule has 0 radical (unpaired) electrons. The van der Waals surface area contributed by atoms with Gasteiger partial charge in [0, 0.05) is 18.5 Å². The average molecular weight is 254 g/mol. The normalized spacial score (nSPS) is 24.9. The van der Waals surface area contributed by atoms with Crippen LogP contribution >= 0.6 is 0 Å². The third-order valence-electron chi connectivity index (χ3n) is 3.20. The lowest BCUT2D eigenvalue weighted by Crippen LogP contribution is -2.51. The molecule has 1 unspecified atom stereocenters. The molecular formula is C14H26N2O2. The molecule has 1 aliphatic rings. The van der Waals surface area contributed by atoms with E-state index in [1.807, 2.05) is 20.8 Å². The van der Waals surface area contributed by atoms with Crippen LogP contribution < -0.4 is 10.6 Å². The van der Waals surface area contributed by atoms with Crippen molar-refractivity contribution < 1.29 is 9.59 Å². The van der Waals surface area contributed by atoms with Crippen LogP contribution in [0.25, 0.3) is 0 Å². The van der Waals surface area contributed by atoms with Crippen molar-refractivity contribution in [3.63, 3.8) is 0 Å². The first-order chi connectivity index (χ1) is 7.94. The van der Waals surface area contributed by atoms with Crippen LogP contribution in [-0.2, 0) is 9.59 Å². The highest BCUT2D eigenvalue weighted by Gasteiger charge is 2.42. The number of hydrogen-bond acceptors (Lipinski definition) is 2. The summed E-state index contributed by atoms with van der Waals surface area (Å²) in [6, 6.07) is 0. The van der Waals surface area contributed by atoms with Crippen molar-refractivity contribution in [1.82, 2.24) is 10.6 Å². The number of hydrogen-bond donors (Lipinski definition) is 2. The Morgan fingerprint density at radius 1 is 1.33 bits per heavy atom. The van der Waals surface area contributed by atoms with Crippen LogP contribution in [0.3, 0.4) is 0 Å². The summed E-state index contributed by atoms with van der Waals surface area (Å²) in [5.74, 6) is -0.0728. The predicted octanol–water partition coefficient (Wildman–Crippen LogP) is 1.84. The lowest BCUT2D eigenvalue weighted by molar-refractivity contribution is -0.132. The Morgan fingerprint density at radius 2 is 1.89 bits per heavy atom. The Kier molecular flexibility index (Phi) is 3.80. The predicted molar refractivity (Wildman–Crippen MR) is 72.0 cm³/mol. The van der Waals surface area contributed by atoms with Gasteiger partial charge < -0.3 is 10.6 Å². The van der Waals surface area contributed by atoms with Gasteiger partial charge in [-0.05, 0) is 32.6 Å². The molecule has 18 heavy (non-hydrogen) atoms. The van der Waals surface area contributed by atoms with Gasteiger partial charge in [0.05, 0.1) is 5.41 Å². The second kappa shape index (κ2) is 4.56. The molecule has 1 atom stereocenters. The van der Waals surface area contributed by atoms with Crippen LogP contribution in [0.1, 0.15) is 54.4 Å². The van der Waals surface area contributed by atoms with Gasteiger partial charge >= 0.3 is 0 Å². The van der Waals surface area contributed by atoms with Gasteiger partial charge in [0.1, 0.15) is 0 Å². The van der Waals surface area contributed by atoms with Gasteiger partial charge in [-0.1, -0.05) is 20.8 Å². The molecule has 1 rings (SSSR count). The third-order valence-corrected chi connectivity index (χ3v) is 3.20. The summed E-state index contributed by atoms with van der Waals surface area (Å²) in [5, 5.41) is 5.81. The first-order valence-corrected chi connectivity index (χ1v) is 6.53. The SMILES string of the molecule is CC(C)(C)CC(C)(C)NC(=O)C1(C)CNC(=O)C1. The van der Waals surface area contributed by atoms with Crippen LogP contribution in [0.2, 0.25) is 0 Å². The largest absolute Gasteiger partial charge is 0.355 e. The maximum atomic E-state index is 12.3.